The lowest BCUT2D eigenvalue weighted by Gasteiger charge is -2.42. The summed E-state index contributed by atoms with van der Waals surface area (Å²) in [6, 6.07) is 1.22. The second-order valence-electron chi connectivity index (χ2n) is 5.92. The minimum atomic E-state index is 0.521. The molecule has 0 saturated carbocycles. The van der Waals surface area contributed by atoms with Gasteiger partial charge in [0.1, 0.15) is 0 Å². The van der Waals surface area contributed by atoms with Crippen LogP contribution in [0.1, 0.15) is 25.7 Å². The molecule has 4 nitrogen and oxygen atoms in total. The van der Waals surface area contributed by atoms with Crippen molar-refractivity contribution in [2.45, 2.75) is 43.9 Å². The summed E-state index contributed by atoms with van der Waals surface area (Å²) in [4.78, 5) is 4.96. The van der Waals surface area contributed by atoms with Crippen LogP contribution in [0.15, 0.2) is 0 Å². The lowest BCUT2D eigenvalue weighted by molar-refractivity contribution is 0.0707. The van der Waals surface area contributed by atoms with Crippen molar-refractivity contribution < 1.29 is 4.74 Å². The number of nitrogens with zero attached hydrogens (tertiary/aromatic N) is 2. The molecule has 2 rings (SSSR count). The van der Waals surface area contributed by atoms with Crippen molar-refractivity contribution in [1.82, 2.24) is 15.1 Å². The fraction of sp³-hybridized carbons (Fsp3) is 1.00. The van der Waals surface area contributed by atoms with Gasteiger partial charge in [-0.15, -0.1) is 0 Å². The third-order valence-electron chi connectivity index (χ3n) is 4.56. The molecule has 0 amide bonds. The highest BCUT2D eigenvalue weighted by Crippen LogP contribution is 2.20. The fourth-order valence-electron chi connectivity index (χ4n) is 3.25. The number of hydrogen-bond acceptors (Lipinski definition) is 4. The highest BCUT2D eigenvalue weighted by Gasteiger charge is 2.29. The van der Waals surface area contributed by atoms with Crippen LogP contribution in [0.3, 0.4) is 0 Å². The van der Waals surface area contributed by atoms with Crippen LogP contribution in [-0.4, -0.2) is 75.4 Å². The maximum atomic E-state index is 5.73. The summed E-state index contributed by atoms with van der Waals surface area (Å²) >= 11 is 0. The molecule has 0 spiro atoms. The molecule has 0 aromatic rings. The van der Waals surface area contributed by atoms with Gasteiger partial charge in [-0.25, -0.2) is 0 Å². The fourth-order valence-corrected chi connectivity index (χ4v) is 3.25. The Labute approximate surface area is 112 Å². The van der Waals surface area contributed by atoms with E-state index in [2.05, 4.69) is 36.3 Å². The Morgan fingerprint density at radius 3 is 2.83 bits per heavy atom. The molecule has 4 heteroatoms. The molecule has 3 atom stereocenters. The number of hydrogen-bond donors (Lipinski definition) is 1. The van der Waals surface area contributed by atoms with Crippen LogP contribution >= 0.6 is 0 Å². The maximum absolute atomic E-state index is 5.73. The van der Waals surface area contributed by atoms with Crippen LogP contribution in [-0.2, 0) is 4.74 Å². The minimum absolute atomic E-state index is 0.521. The SMILES string of the molecule is CNC(CCC1CCCO1)C1CN(C)CCN1C. The summed E-state index contributed by atoms with van der Waals surface area (Å²) in [7, 11) is 6.59. The molecule has 2 aliphatic rings. The van der Waals surface area contributed by atoms with Crippen LogP contribution in [0.25, 0.3) is 0 Å². The van der Waals surface area contributed by atoms with Crippen LogP contribution in [0.2, 0.25) is 0 Å². The molecule has 3 unspecified atom stereocenters. The van der Waals surface area contributed by atoms with Crippen molar-refractivity contribution in [1.29, 1.82) is 0 Å². The Bertz CT molecular complexity index is 243. The van der Waals surface area contributed by atoms with E-state index in [9.17, 15) is 0 Å². The van der Waals surface area contributed by atoms with Crippen molar-refractivity contribution in [2.75, 3.05) is 47.4 Å². The number of likely N-dealkylation sites (N-methyl/N-ethyl adjacent to an activating group) is 3. The number of piperazine rings is 1. The van der Waals surface area contributed by atoms with Crippen LogP contribution in [0.4, 0.5) is 0 Å². The molecule has 0 aromatic heterocycles. The molecular formula is C14H29N3O. The van der Waals surface area contributed by atoms with Crippen molar-refractivity contribution in [3.63, 3.8) is 0 Å². The molecule has 18 heavy (non-hydrogen) atoms. The van der Waals surface area contributed by atoms with E-state index < -0.39 is 0 Å². The van der Waals surface area contributed by atoms with E-state index in [0.717, 1.165) is 6.61 Å². The quantitative estimate of drug-likeness (QED) is 0.786. The van der Waals surface area contributed by atoms with E-state index >= 15 is 0 Å². The molecule has 0 bridgehead atoms. The molecule has 0 aromatic carbocycles. The summed E-state index contributed by atoms with van der Waals surface area (Å²) in [5.74, 6) is 0. The zero-order valence-corrected chi connectivity index (χ0v) is 12.2. The predicted octanol–water partition coefficient (Wildman–Crippen LogP) is 0.779. The van der Waals surface area contributed by atoms with Gasteiger partial charge in [0.25, 0.3) is 0 Å². The Balaban J connectivity index is 1.82. The normalized spacial score (nSPS) is 32.8. The molecule has 2 aliphatic heterocycles. The molecule has 2 saturated heterocycles. The minimum Gasteiger partial charge on any atom is -0.378 e. The van der Waals surface area contributed by atoms with Gasteiger partial charge in [-0.3, -0.25) is 4.90 Å². The van der Waals surface area contributed by atoms with E-state index in [1.54, 1.807) is 0 Å². The van der Waals surface area contributed by atoms with Gasteiger partial charge in [-0.1, -0.05) is 0 Å². The molecule has 0 radical (unpaired) electrons. The van der Waals surface area contributed by atoms with Crippen LogP contribution < -0.4 is 5.32 Å². The average Bonchev–Trinajstić information content (AvgIpc) is 2.87. The third-order valence-corrected chi connectivity index (χ3v) is 4.56. The van der Waals surface area contributed by atoms with Crippen LogP contribution in [0, 0.1) is 0 Å². The monoisotopic (exact) mass is 255 g/mol. The van der Waals surface area contributed by atoms with Gasteiger partial charge in [0.05, 0.1) is 6.10 Å². The lowest BCUT2D eigenvalue weighted by atomic mass is 9.97. The standard InChI is InChI=1S/C14H29N3O/c1-15-13(7-6-12-5-4-10-18-12)14-11-16(2)8-9-17(14)3/h12-15H,4-11H2,1-3H3. The second-order valence-corrected chi connectivity index (χ2v) is 5.92. The topological polar surface area (TPSA) is 27.7 Å². The van der Waals surface area contributed by atoms with Gasteiger partial charge < -0.3 is 15.0 Å². The van der Waals surface area contributed by atoms with E-state index in [0.29, 0.717) is 18.2 Å². The molecule has 2 heterocycles. The van der Waals surface area contributed by atoms with E-state index in [1.807, 2.05) is 0 Å². The van der Waals surface area contributed by atoms with Gasteiger partial charge in [-0.2, -0.15) is 0 Å². The molecule has 0 aliphatic carbocycles. The van der Waals surface area contributed by atoms with Crippen LogP contribution in [0.5, 0.6) is 0 Å². The van der Waals surface area contributed by atoms with Gasteiger partial charge in [0, 0.05) is 38.3 Å². The maximum Gasteiger partial charge on any atom is 0.0576 e. The number of rotatable bonds is 5. The first-order valence-electron chi connectivity index (χ1n) is 7.38. The zero-order valence-electron chi connectivity index (χ0n) is 12.2. The number of ether oxygens (including phenoxy) is 1. The second kappa shape index (κ2) is 6.85. The first kappa shape index (κ1) is 14.3. The predicted molar refractivity (Wildman–Crippen MR) is 75.0 cm³/mol. The Morgan fingerprint density at radius 2 is 2.17 bits per heavy atom. The summed E-state index contributed by atoms with van der Waals surface area (Å²) in [5.41, 5.74) is 0. The average molecular weight is 255 g/mol. The van der Waals surface area contributed by atoms with Gasteiger partial charge in [-0.05, 0) is 46.8 Å². The van der Waals surface area contributed by atoms with E-state index in [1.165, 1.54) is 45.3 Å². The van der Waals surface area contributed by atoms with Crippen molar-refractivity contribution in [3.05, 3.63) is 0 Å². The van der Waals surface area contributed by atoms with Gasteiger partial charge >= 0.3 is 0 Å². The third kappa shape index (κ3) is 3.67. The summed E-state index contributed by atoms with van der Waals surface area (Å²) in [6.07, 6.45) is 5.47. The summed E-state index contributed by atoms with van der Waals surface area (Å²) < 4.78 is 5.73. The zero-order chi connectivity index (χ0) is 13.0. The largest absolute Gasteiger partial charge is 0.378 e. The molecule has 1 N–H and O–H groups in total. The Morgan fingerprint density at radius 1 is 1.33 bits per heavy atom. The Kier molecular flexibility index (Phi) is 5.42. The number of nitrogens with one attached hydrogen (secondary N) is 1. The smallest absolute Gasteiger partial charge is 0.0576 e. The van der Waals surface area contributed by atoms with E-state index in [4.69, 9.17) is 4.74 Å². The highest BCUT2D eigenvalue weighted by molar-refractivity contribution is 4.88. The molecule has 2 fully saturated rings. The van der Waals surface area contributed by atoms with E-state index in [-0.39, 0.29) is 0 Å². The van der Waals surface area contributed by atoms with Crippen molar-refractivity contribution >= 4 is 0 Å². The summed E-state index contributed by atoms with van der Waals surface area (Å²) in [6.45, 7) is 4.52. The van der Waals surface area contributed by atoms with Crippen molar-refractivity contribution in [2.24, 2.45) is 0 Å². The molecule has 106 valence electrons. The Hall–Kier alpha value is -0.160. The summed E-state index contributed by atoms with van der Waals surface area (Å²) in [5, 5.41) is 3.52. The molecular weight excluding hydrogens is 226 g/mol. The van der Waals surface area contributed by atoms with Crippen molar-refractivity contribution in [3.8, 4) is 0 Å². The van der Waals surface area contributed by atoms with Gasteiger partial charge in [0.2, 0.25) is 0 Å². The highest BCUT2D eigenvalue weighted by atomic mass is 16.5. The first-order valence-corrected chi connectivity index (χ1v) is 7.38. The first-order chi connectivity index (χ1) is 8.70. The van der Waals surface area contributed by atoms with Gasteiger partial charge in [0.15, 0.2) is 0 Å². The lowest BCUT2D eigenvalue weighted by Crippen LogP contribution is -2.58.